The van der Waals surface area contributed by atoms with Gasteiger partial charge in [0, 0.05) is 20.1 Å². The molecule has 7 nitrogen and oxygen atoms in total. The van der Waals surface area contributed by atoms with Crippen LogP contribution in [0.5, 0.6) is 0 Å². The number of hydrazine groups is 1. The molecule has 0 amide bonds. The zero-order valence-corrected chi connectivity index (χ0v) is 9.73. The smallest absolute Gasteiger partial charge is 0.243 e. The topological polar surface area (TPSA) is 92.0 Å². The molecule has 7 heteroatoms. The van der Waals surface area contributed by atoms with Gasteiger partial charge in [0.25, 0.3) is 0 Å². The maximum Gasteiger partial charge on any atom is 0.243 e. The highest BCUT2D eigenvalue weighted by Gasteiger charge is 2.33. The largest absolute Gasteiger partial charge is 0.351 e. The van der Waals surface area contributed by atoms with E-state index in [0.717, 1.165) is 6.42 Å². The summed E-state index contributed by atoms with van der Waals surface area (Å²) >= 11 is 0. The molecule has 0 radical (unpaired) electrons. The summed E-state index contributed by atoms with van der Waals surface area (Å²) in [4.78, 5) is 14.4. The van der Waals surface area contributed by atoms with E-state index in [1.165, 1.54) is 0 Å². The van der Waals surface area contributed by atoms with Crippen molar-refractivity contribution >= 4 is 17.8 Å². The van der Waals surface area contributed by atoms with Crippen LogP contribution in [0.4, 0.5) is 17.8 Å². The minimum Gasteiger partial charge on any atom is -0.351 e. The van der Waals surface area contributed by atoms with Crippen LogP contribution < -0.4 is 21.5 Å². The van der Waals surface area contributed by atoms with Gasteiger partial charge in [-0.3, -0.25) is 5.43 Å². The van der Waals surface area contributed by atoms with E-state index in [-0.39, 0.29) is 0 Å². The normalized spacial score (nSPS) is 22.8. The Labute approximate surface area is 94.4 Å². The van der Waals surface area contributed by atoms with Crippen LogP contribution in [0, 0.1) is 5.92 Å². The molecule has 0 saturated heterocycles. The van der Waals surface area contributed by atoms with Crippen molar-refractivity contribution in [3.05, 3.63) is 0 Å². The van der Waals surface area contributed by atoms with Crippen LogP contribution >= 0.6 is 0 Å². The molecule has 1 aromatic rings. The minimum atomic E-state index is 0.370. The highest BCUT2D eigenvalue weighted by Crippen LogP contribution is 2.31. The predicted octanol–water partition coefficient (Wildman–Crippen LogP) is 0.0435. The van der Waals surface area contributed by atoms with Gasteiger partial charge in [0.1, 0.15) is 0 Å². The second-order valence-electron chi connectivity index (χ2n) is 4.29. The van der Waals surface area contributed by atoms with Gasteiger partial charge in [0.2, 0.25) is 17.8 Å². The van der Waals surface area contributed by atoms with Crippen molar-refractivity contribution in [2.45, 2.75) is 19.4 Å². The highest BCUT2D eigenvalue weighted by atomic mass is 15.4. The van der Waals surface area contributed by atoms with E-state index >= 15 is 0 Å². The first kappa shape index (κ1) is 10.9. The first-order valence-corrected chi connectivity index (χ1v) is 5.26. The SMILES string of the molecule is CC1CC1Nc1nc(NN)nc(N(C)C)n1. The maximum absolute atomic E-state index is 5.31. The number of nitrogen functional groups attached to an aromatic ring is 1. The predicted molar refractivity (Wildman–Crippen MR) is 63.2 cm³/mol. The quantitative estimate of drug-likeness (QED) is 0.490. The number of hydrogen-bond donors (Lipinski definition) is 3. The van der Waals surface area contributed by atoms with Gasteiger partial charge in [-0.15, -0.1) is 0 Å². The van der Waals surface area contributed by atoms with Crippen molar-refractivity contribution in [3.8, 4) is 0 Å². The number of aromatic nitrogens is 3. The molecular weight excluding hydrogens is 206 g/mol. The molecule has 0 spiro atoms. The molecule has 2 rings (SSSR count). The van der Waals surface area contributed by atoms with Crippen LogP contribution in [0.1, 0.15) is 13.3 Å². The lowest BCUT2D eigenvalue weighted by Gasteiger charge is -2.12. The molecule has 0 aromatic carbocycles. The van der Waals surface area contributed by atoms with Crippen LogP contribution in [-0.4, -0.2) is 35.1 Å². The summed E-state index contributed by atoms with van der Waals surface area (Å²) in [6.07, 6.45) is 1.16. The van der Waals surface area contributed by atoms with Crippen molar-refractivity contribution in [3.63, 3.8) is 0 Å². The van der Waals surface area contributed by atoms with Gasteiger partial charge >= 0.3 is 0 Å². The van der Waals surface area contributed by atoms with Crippen molar-refractivity contribution in [1.29, 1.82) is 0 Å². The van der Waals surface area contributed by atoms with Crippen molar-refractivity contribution in [2.24, 2.45) is 11.8 Å². The number of anilines is 3. The summed E-state index contributed by atoms with van der Waals surface area (Å²) in [5.41, 5.74) is 2.44. The number of nitrogens with one attached hydrogen (secondary N) is 2. The number of rotatable bonds is 4. The van der Waals surface area contributed by atoms with E-state index in [0.29, 0.717) is 29.8 Å². The zero-order chi connectivity index (χ0) is 11.7. The van der Waals surface area contributed by atoms with Gasteiger partial charge in [0.15, 0.2) is 0 Å². The average molecular weight is 223 g/mol. The van der Waals surface area contributed by atoms with E-state index < -0.39 is 0 Å². The number of hydrogen-bond acceptors (Lipinski definition) is 7. The van der Waals surface area contributed by atoms with E-state index in [2.05, 4.69) is 32.6 Å². The zero-order valence-electron chi connectivity index (χ0n) is 9.73. The fraction of sp³-hybridized carbons (Fsp3) is 0.667. The minimum absolute atomic E-state index is 0.370. The lowest BCUT2D eigenvalue weighted by atomic mass is 10.5. The molecule has 1 aliphatic carbocycles. The van der Waals surface area contributed by atoms with E-state index in [1.54, 1.807) is 0 Å². The van der Waals surface area contributed by atoms with Crippen LogP contribution in [0.3, 0.4) is 0 Å². The Morgan fingerprint density at radius 3 is 2.38 bits per heavy atom. The monoisotopic (exact) mass is 223 g/mol. The van der Waals surface area contributed by atoms with Crippen LogP contribution in [-0.2, 0) is 0 Å². The molecule has 4 N–H and O–H groups in total. The molecule has 1 aromatic heterocycles. The standard InChI is InChI=1S/C9H17N7/c1-5-4-6(5)11-7-12-8(15-10)14-9(13-7)16(2)3/h5-6H,4,10H2,1-3H3,(H2,11,12,13,14,15). The second kappa shape index (κ2) is 4.09. The van der Waals surface area contributed by atoms with Crippen LogP contribution in [0.2, 0.25) is 0 Å². The summed E-state index contributed by atoms with van der Waals surface area (Å²) in [5.74, 6) is 7.52. The van der Waals surface area contributed by atoms with Crippen molar-refractivity contribution < 1.29 is 0 Å². The highest BCUT2D eigenvalue weighted by molar-refractivity contribution is 5.43. The molecule has 1 fully saturated rings. The van der Waals surface area contributed by atoms with Gasteiger partial charge in [-0.05, 0) is 12.3 Å². The molecule has 1 heterocycles. The molecule has 0 aliphatic heterocycles. The fourth-order valence-corrected chi connectivity index (χ4v) is 1.38. The van der Waals surface area contributed by atoms with E-state index in [4.69, 9.17) is 5.84 Å². The molecular formula is C9H17N7. The lowest BCUT2D eigenvalue weighted by molar-refractivity contribution is 0.896. The average Bonchev–Trinajstić information content (AvgIpc) is 2.93. The summed E-state index contributed by atoms with van der Waals surface area (Å²) in [6.45, 7) is 2.19. The summed E-state index contributed by atoms with van der Waals surface area (Å²) in [7, 11) is 3.75. The van der Waals surface area contributed by atoms with Crippen LogP contribution in [0.15, 0.2) is 0 Å². The molecule has 2 atom stereocenters. The van der Waals surface area contributed by atoms with Gasteiger partial charge in [0.05, 0.1) is 0 Å². The third kappa shape index (κ3) is 2.30. The number of nitrogens with zero attached hydrogens (tertiary/aromatic N) is 4. The first-order valence-electron chi connectivity index (χ1n) is 5.26. The maximum atomic E-state index is 5.31. The van der Waals surface area contributed by atoms with Crippen molar-refractivity contribution in [2.75, 3.05) is 29.7 Å². The Balaban J connectivity index is 2.19. The third-order valence-corrected chi connectivity index (χ3v) is 2.58. The Kier molecular flexibility index (Phi) is 2.78. The van der Waals surface area contributed by atoms with E-state index in [9.17, 15) is 0 Å². The summed E-state index contributed by atoms with van der Waals surface area (Å²) in [5, 5.41) is 3.25. The molecule has 1 aliphatic rings. The Bertz CT molecular complexity index is 378. The molecule has 88 valence electrons. The van der Waals surface area contributed by atoms with Crippen molar-refractivity contribution in [1.82, 2.24) is 15.0 Å². The Morgan fingerprint density at radius 2 is 1.88 bits per heavy atom. The fourth-order valence-electron chi connectivity index (χ4n) is 1.38. The molecule has 1 saturated carbocycles. The van der Waals surface area contributed by atoms with E-state index in [1.807, 2.05) is 19.0 Å². The Morgan fingerprint density at radius 1 is 1.25 bits per heavy atom. The molecule has 2 unspecified atom stereocenters. The van der Waals surface area contributed by atoms with Crippen LogP contribution in [0.25, 0.3) is 0 Å². The molecule has 16 heavy (non-hydrogen) atoms. The van der Waals surface area contributed by atoms with Gasteiger partial charge in [-0.25, -0.2) is 5.84 Å². The third-order valence-electron chi connectivity index (χ3n) is 2.58. The summed E-state index contributed by atoms with van der Waals surface area (Å²) < 4.78 is 0. The Hall–Kier alpha value is -1.63. The second-order valence-corrected chi connectivity index (χ2v) is 4.29. The number of nitrogens with two attached hydrogens (primary N) is 1. The molecule has 0 bridgehead atoms. The van der Waals surface area contributed by atoms with Gasteiger partial charge in [-0.2, -0.15) is 15.0 Å². The van der Waals surface area contributed by atoms with Gasteiger partial charge < -0.3 is 10.2 Å². The first-order chi connectivity index (χ1) is 7.60. The lowest BCUT2D eigenvalue weighted by Crippen LogP contribution is -2.19. The summed E-state index contributed by atoms with van der Waals surface area (Å²) in [6, 6.07) is 0.475. The van der Waals surface area contributed by atoms with Gasteiger partial charge in [-0.1, -0.05) is 6.92 Å².